The molecule has 25 heavy (non-hydrogen) atoms. The quantitative estimate of drug-likeness (QED) is 0.560. The number of hydrogen-bond donors (Lipinski definition) is 0. The highest BCUT2D eigenvalue weighted by molar-refractivity contribution is 5.85. The third-order valence-corrected chi connectivity index (χ3v) is 9.81. The van der Waals surface area contributed by atoms with Crippen LogP contribution in [0.2, 0.25) is 0 Å². The molecule has 0 aliphatic heterocycles. The molecule has 4 aliphatic rings. The summed E-state index contributed by atoms with van der Waals surface area (Å²) in [5.41, 5.74) is 0.906. The molecule has 0 aromatic carbocycles. The third-order valence-electron chi connectivity index (χ3n) is 9.81. The van der Waals surface area contributed by atoms with Gasteiger partial charge in [0.1, 0.15) is 5.78 Å². The van der Waals surface area contributed by atoms with Gasteiger partial charge in [0, 0.05) is 12.3 Å². The molecule has 8 atom stereocenters. The lowest BCUT2D eigenvalue weighted by Gasteiger charge is -2.60. The molecule has 1 heteroatoms. The van der Waals surface area contributed by atoms with E-state index in [4.69, 9.17) is 0 Å². The number of hydrogen-bond acceptors (Lipinski definition) is 1. The molecule has 0 aromatic rings. The first kappa shape index (κ1) is 18.1. The lowest BCUT2D eigenvalue weighted by Crippen LogP contribution is -2.53. The summed E-state index contributed by atoms with van der Waals surface area (Å²) in [6, 6.07) is 0. The maximum absolute atomic E-state index is 13.1. The van der Waals surface area contributed by atoms with Gasteiger partial charge in [0.05, 0.1) is 0 Å². The Bertz CT molecular complexity index is 524. The van der Waals surface area contributed by atoms with Crippen LogP contribution in [0.3, 0.4) is 0 Å². The van der Waals surface area contributed by atoms with Gasteiger partial charge >= 0.3 is 0 Å². The summed E-state index contributed by atoms with van der Waals surface area (Å²) in [6.45, 7) is 9.80. The molecular weight excluding hydrogens is 304 g/mol. The van der Waals surface area contributed by atoms with Crippen molar-refractivity contribution in [2.24, 2.45) is 46.3 Å². The first-order valence-corrected chi connectivity index (χ1v) is 11.4. The predicted molar refractivity (Wildman–Crippen MR) is 104 cm³/mol. The average molecular weight is 345 g/mol. The van der Waals surface area contributed by atoms with Gasteiger partial charge in [0.15, 0.2) is 0 Å². The van der Waals surface area contributed by atoms with E-state index >= 15 is 0 Å². The van der Waals surface area contributed by atoms with Crippen molar-refractivity contribution in [3.05, 3.63) is 0 Å². The van der Waals surface area contributed by atoms with Crippen LogP contribution in [0.1, 0.15) is 98.3 Å². The van der Waals surface area contributed by atoms with Crippen LogP contribution in [-0.4, -0.2) is 5.78 Å². The van der Waals surface area contributed by atoms with Gasteiger partial charge in [-0.15, -0.1) is 0 Å². The molecule has 4 rings (SSSR count). The van der Waals surface area contributed by atoms with Gasteiger partial charge in [-0.3, -0.25) is 4.79 Å². The molecule has 4 aliphatic carbocycles. The summed E-state index contributed by atoms with van der Waals surface area (Å²) < 4.78 is 0. The second-order valence-electron chi connectivity index (χ2n) is 10.9. The van der Waals surface area contributed by atoms with Crippen molar-refractivity contribution in [1.82, 2.24) is 0 Å². The maximum atomic E-state index is 13.1. The van der Waals surface area contributed by atoms with Crippen LogP contribution in [-0.2, 0) is 4.79 Å². The van der Waals surface area contributed by atoms with E-state index in [1.807, 2.05) is 0 Å². The molecule has 4 fully saturated rings. The lowest BCUT2D eigenvalue weighted by molar-refractivity contribution is -0.126. The fourth-order valence-electron chi connectivity index (χ4n) is 8.71. The van der Waals surface area contributed by atoms with Crippen LogP contribution in [0.5, 0.6) is 0 Å². The van der Waals surface area contributed by atoms with Gasteiger partial charge in [0.2, 0.25) is 0 Å². The molecule has 0 spiro atoms. The van der Waals surface area contributed by atoms with Gasteiger partial charge < -0.3 is 0 Å². The topological polar surface area (TPSA) is 17.1 Å². The summed E-state index contributed by atoms with van der Waals surface area (Å²) in [5.74, 6) is 5.02. The fraction of sp³-hybridized carbons (Fsp3) is 0.958. The monoisotopic (exact) mass is 344 g/mol. The summed E-state index contributed by atoms with van der Waals surface area (Å²) in [4.78, 5) is 13.1. The SMILES string of the molecule is CCC[C@@H](C)[C@H]1C(=O)C[C@H]2[C@@H]3CCC4CCCC[C@]4(C)[C@H]3CC[C@]12C. The first-order chi connectivity index (χ1) is 11.9. The Kier molecular flexibility index (Phi) is 4.61. The summed E-state index contributed by atoms with van der Waals surface area (Å²) in [7, 11) is 0. The van der Waals surface area contributed by atoms with Crippen LogP contribution in [0.25, 0.3) is 0 Å². The van der Waals surface area contributed by atoms with Gasteiger partial charge in [-0.25, -0.2) is 0 Å². The van der Waals surface area contributed by atoms with E-state index in [9.17, 15) is 4.79 Å². The highest BCUT2D eigenvalue weighted by atomic mass is 16.1. The van der Waals surface area contributed by atoms with Crippen molar-refractivity contribution in [1.29, 1.82) is 0 Å². The van der Waals surface area contributed by atoms with Crippen molar-refractivity contribution < 1.29 is 4.79 Å². The Morgan fingerprint density at radius 1 is 1.00 bits per heavy atom. The third kappa shape index (κ3) is 2.58. The van der Waals surface area contributed by atoms with Crippen LogP contribution in [0.15, 0.2) is 0 Å². The lowest BCUT2D eigenvalue weighted by atomic mass is 9.44. The molecule has 142 valence electrons. The zero-order valence-electron chi connectivity index (χ0n) is 17.2. The number of ketones is 1. The maximum Gasteiger partial charge on any atom is 0.137 e. The van der Waals surface area contributed by atoms with Crippen molar-refractivity contribution >= 4 is 5.78 Å². The Labute approximate surface area is 155 Å². The number of fused-ring (bicyclic) bond motifs is 5. The minimum absolute atomic E-state index is 0.310. The minimum Gasteiger partial charge on any atom is -0.299 e. The van der Waals surface area contributed by atoms with Crippen LogP contribution in [0, 0.1) is 46.3 Å². The molecule has 4 saturated carbocycles. The van der Waals surface area contributed by atoms with Crippen molar-refractivity contribution in [3.63, 3.8) is 0 Å². The Morgan fingerprint density at radius 2 is 1.80 bits per heavy atom. The molecule has 1 unspecified atom stereocenters. The Balaban J connectivity index is 1.62. The smallest absolute Gasteiger partial charge is 0.137 e. The van der Waals surface area contributed by atoms with Crippen molar-refractivity contribution in [3.8, 4) is 0 Å². The molecular formula is C24H40O. The molecule has 0 aromatic heterocycles. The zero-order valence-corrected chi connectivity index (χ0v) is 17.2. The molecule has 0 N–H and O–H groups in total. The van der Waals surface area contributed by atoms with Gasteiger partial charge in [-0.2, -0.15) is 0 Å². The van der Waals surface area contributed by atoms with Gasteiger partial charge in [-0.05, 0) is 78.9 Å². The van der Waals surface area contributed by atoms with Crippen molar-refractivity contribution in [2.45, 2.75) is 98.3 Å². The summed E-state index contributed by atoms with van der Waals surface area (Å²) in [6.07, 6.45) is 14.8. The molecule has 0 heterocycles. The Hall–Kier alpha value is -0.330. The van der Waals surface area contributed by atoms with E-state index in [0.717, 1.165) is 24.2 Å². The van der Waals surface area contributed by atoms with Gasteiger partial charge in [0.25, 0.3) is 0 Å². The van der Waals surface area contributed by atoms with Gasteiger partial charge in [-0.1, -0.05) is 53.4 Å². The highest BCUT2D eigenvalue weighted by Gasteiger charge is 2.62. The second-order valence-corrected chi connectivity index (χ2v) is 10.9. The molecule has 0 radical (unpaired) electrons. The zero-order chi connectivity index (χ0) is 17.8. The van der Waals surface area contributed by atoms with E-state index in [1.165, 1.54) is 64.2 Å². The van der Waals surface area contributed by atoms with Crippen LogP contribution in [0.4, 0.5) is 0 Å². The second kappa shape index (κ2) is 6.38. The van der Waals surface area contributed by atoms with Crippen molar-refractivity contribution in [2.75, 3.05) is 0 Å². The van der Waals surface area contributed by atoms with E-state index < -0.39 is 0 Å². The van der Waals surface area contributed by atoms with E-state index in [2.05, 4.69) is 27.7 Å². The first-order valence-electron chi connectivity index (χ1n) is 11.4. The largest absolute Gasteiger partial charge is 0.299 e. The summed E-state index contributed by atoms with van der Waals surface area (Å²) in [5, 5.41) is 0. The molecule has 0 bridgehead atoms. The summed E-state index contributed by atoms with van der Waals surface area (Å²) >= 11 is 0. The predicted octanol–water partition coefficient (Wildman–Crippen LogP) is 6.65. The highest BCUT2D eigenvalue weighted by Crippen LogP contribution is 2.67. The van der Waals surface area contributed by atoms with Crippen LogP contribution >= 0.6 is 0 Å². The van der Waals surface area contributed by atoms with Crippen LogP contribution < -0.4 is 0 Å². The minimum atomic E-state index is 0.310. The van der Waals surface area contributed by atoms with E-state index in [0.29, 0.717) is 34.4 Å². The number of carbonyl (C=O) groups excluding carboxylic acids is 1. The Morgan fingerprint density at radius 3 is 2.56 bits per heavy atom. The number of carbonyl (C=O) groups is 1. The normalized spacial score (nSPS) is 50.7. The number of rotatable bonds is 3. The average Bonchev–Trinajstić information content (AvgIpc) is 2.84. The van der Waals surface area contributed by atoms with E-state index in [-0.39, 0.29) is 0 Å². The molecule has 0 saturated heterocycles. The number of Topliss-reactive ketones (excluding diaryl/α,β-unsaturated/α-hetero) is 1. The molecule has 0 amide bonds. The standard InChI is InChI=1S/C24H40O/c1-5-8-16(2)22-21(25)15-20-18-11-10-17-9-6-7-13-23(17,3)19(18)12-14-24(20,22)4/h16-20,22H,5-15H2,1-4H3/t16-,17?,18-,19+,20+,22+,23+,24+/m1/s1. The molecule has 1 nitrogen and oxygen atoms in total. The van der Waals surface area contributed by atoms with E-state index in [1.54, 1.807) is 0 Å². The fourth-order valence-corrected chi connectivity index (χ4v) is 8.71.